The standard InChI is InChI=1S/C21H26N2O5/c1-14(2)17-8-6-15(3)11-20(17)28-19-9-7-16(12-18(19)23(26)27)13-22-10-4-5-21(24)25/h6-9,11-12,14,22H,4-5,10,13H2,1-3H3,(H,24,25). The number of aryl methyl sites for hydroxylation is 1. The predicted molar refractivity (Wildman–Crippen MR) is 107 cm³/mol. The average Bonchev–Trinajstić information content (AvgIpc) is 2.61. The summed E-state index contributed by atoms with van der Waals surface area (Å²) in [6, 6.07) is 10.7. The van der Waals surface area contributed by atoms with Gasteiger partial charge >= 0.3 is 11.7 Å². The van der Waals surface area contributed by atoms with Crippen LogP contribution in [0.1, 0.15) is 49.3 Å². The minimum atomic E-state index is -0.837. The van der Waals surface area contributed by atoms with Crippen LogP contribution < -0.4 is 10.1 Å². The molecular weight excluding hydrogens is 360 g/mol. The predicted octanol–water partition coefficient (Wildman–Crippen LogP) is 4.77. The van der Waals surface area contributed by atoms with Crippen LogP contribution in [0.5, 0.6) is 11.5 Å². The molecule has 0 fully saturated rings. The Morgan fingerprint density at radius 3 is 2.61 bits per heavy atom. The van der Waals surface area contributed by atoms with Crippen LogP contribution in [-0.2, 0) is 11.3 Å². The van der Waals surface area contributed by atoms with Gasteiger partial charge in [-0.15, -0.1) is 0 Å². The molecule has 0 atom stereocenters. The third kappa shape index (κ3) is 6.06. The first kappa shape index (κ1) is 21.4. The Labute approximate surface area is 164 Å². The van der Waals surface area contributed by atoms with Crippen molar-refractivity contribution in [1.82, 2.24) is 5.32 Å². The van der Waals surface area contributed by atoms with Crippen molar-refractivity contribution in [3.05, 3.63) is 63.2 Å². The Bertz CT molecular complexity index is 849. The molecule has 0 heterocycles. The largest absolute Gasteiger partial charge is 0.481 e. The highest BCUT2D eigenvalue weighted by molar-refractivity contribution is 5.66. The molecule has 150 valence electrons. The smallest absolute Gasteiger partial charge is 0.311 e. The van der Waals surface area contributed by atoms with Crippen LogP contribution in [0, 0.1) is 17.0 Å². The molecule has 2 rings (SSSR count). The van der Waals surface area contributed by atoms with E-state index in [2.05, 4.69) is 5.32 Å². The van der Waals surface area contributed by atoms with Crippen molar-refractivity contribution in [2.45, 2.75) is 46.1 Å². The third-order valence-electron chi connectivity index (χ3n) is 4.30. The Morgan fingerprint density at radius 1 is 1.21 bits per heavy atom. The number of carbonyl (C=O) groups is 1. The SMILES string of the molecule is Cc1ccc(C(C)C)c(Oc2ccc(CNCCCC(=O)O)cc2[N+](=O)[O-])c1. The fraction of sp³-hybridized carbons (Fsp3) is 0.381. The number of ether oxygens (including phenoxy) is 1. The zero-order valence-corrected chi connectivity index (χ0v) is 16.4. The molecule has 2 aromatic rings. The monoisotopic (exact) mass is 386 g/mol. The molecule has 0 amide bonds. The highest BCUT2D eigenvalue weighted by atomic mass is 16.6. The second-order valence-electron chi connectivity index (χ2n) is 7.03. The van der Waals surface area contributed by atoms with Crippen LogP contribution in [0.2, 0.25) is 0 Å². The maximum absolute atomic E-state index is 11.5. The average molecular weight is 386 g/mol. The molecule has 0 aliphatic rings. The van der Waals surface area contributed by atoms with Gasteiger partial charge < -0.3 is 15.2 Å². The van der Waals surface area contributed by atoms with E-state index in [0.29, 0.717) is 25.3 Å². The van der Waals surface area contributed by atoms with Gasteiger partial charge in [0.1, 0.15) is 5.75 Å². The van der Waals surface area contributed by atoms with Crippen LogP contribution in [0.4, 0.5) is 5.69 Å². The minimum absolute atomic E-state index is 0.0919. The summed E-state index contributed by atoms with van der Waals surface area (Å²) in [5, 5.41) is 23.3. The second-order valence-corrected chi connectivity index (χ2v) is 7.03. The van der Waals surface area contributed by atoms with Crippen molar-refractivity contribution in [2.24, 2.45) is 0 Å². The lowest BCUT2D eigenvalue weighted by atomic mass is 10.0. The van der Waals surface area contributed by atoms with Crippen LogP contribution >= 0.6 is 0 Å². The fourth-order valence-electron chi connectivity index (χ4n) is 2.82. The normalized spacial score (nSPS) is 10.9. The molecule has 28 heavy (non-hydrogen) atoms. The zero-order chi connectivity index (χ0) is 20.7. The van der Waals surface area contributed by atoms with Crippen LogP contribution in [0.15, 0.2) is 36.4 Å². The molecule has 0 aromatic heterocycles. The van der Waals surface area contributed by atoms with E-state index < -0.39 is 10.9 Å². The van der Waals surface area contributed by atoms with E-state index in [4.69, 9.17) is 9.84 Å². The first-order valence-electron chi connectivity index (χ1n) is 9.26. The fourth-order valence-corrected chi connectivity index (χ4v) is 2.82. The van der Waals surface area contributed by atoms with E-state index in [-0.39, 0.29) is 23.8 Å². The topological polar surface area (TPSA) is 102 Å². The zero-order valence-electron chi connectivity index (χ0n) is 16.4. The Kier molecular flexibility index (Phi) is 7.52. The number of benzene rings is 2. The number of hydrogen-bond donors (Lipinski definition) is 2. The molecule has 7 heteroatoms. The van der Waals surface area contributed by atoms with Gasteiger partial charge in [0.25, 0.3) is 0 Å². The quantitative estimate of drug-likeness (QED) is 0.346. The second kappa shape index (κ2) is 9.85. The van der Waals surface area contributed by atoms with Crippen molar-refractivity contribution in [3.8, 4) is 11.5 Å². The van der Waals surface area contributed by atoms with Gasteiger partial charge in [-0.1, -0.05) is 32.0 Å². The van der Waals surface area contributed by atoms with Gasteiger partial charge in [-0.3, -0.25) is 14.9 Å². The molecule has 0 bridgehead atoms. The lowest BCUT2D eigenvalue weighted by Crippen LogP contribution is -2.15. The highest BCUT2D eigenvalue weighted by Crippen LogP contribution is 2.36. The number of aliphatic carboxylic acids is 1. The Hall–Kier alpha value is -2.93. The van der Waals surface area contributed by atoms with Gasteiger partial charge in [0, 0.05) is 19.0 Å². The number of carboxylic acid groups (broad SMARTS) is 1. The van der Waals surface area contributed by atoms with Crippen molar-refractivity contribution >= 4 is 11.7 Å². The first-order valence-corrected chi connectivity index (χ1v) is 9.26. The molecule has 2 N–H and O–H groups in total. The molecular formula is C21H26N2O5. The lowest BCUT2D eigenvalue weighted by Gasteiger charge is -2.15. The summed E-state index contributed by atoms with van der Waals surface area (Å²) >= 11 is 0. The number of nitrogens with one attached hydrogen (secondary N) is 1. The van der Waals surface area contributed by atoms with Gasteiger partial charge in [0.15, 0.2) is 0 Å². The van der Waals surface area contributed by atoms with Gasteiger partial charge in [-0.25, -0.2) is 0 Å². The number of nitro benzene ring substituents is 1. The molecule has 0 aliphatic heterocycles. The summed E-state index contributed by atoms with van der Waals surface area (Å²) in [7, 11) is 0. The van der Waals surface area contributed by atoms with Gasteiger partial charge in [0.05, 0.1) is 4.92 Å². The molecule has 0 radical (unpaired) electrons. The van der Waals surface area contributed by atoms with Crippen molar-refractivity contribution < 1.29 is 19.6 Å². The third-order valence-corrected chi connectivity index (χ3v) is 4.30. The van der Waals surface area contributed by atoms with Crippen molar-refractivity contribution in [1.29, 1.82) is 0 Å². The summed E-state index contributed by atoms with van der Waals surface area (Å²) in [6.45, 7) is 6.99. The summed E-state index contributed by atoms with van der Waals surface area (Å²) in [5.41, 5.74) is 2.65. The van der Waals surface area contributed by atoms with Gasteiger partial charge in [-0.05, 0) is 54.6 Å². The molecule has 0 spiro atoms. The van der Waals surface area contributed by atoms with E-state index in [1.165, 1.54) is 6.07 Å². The van der Waals surface area contributed by atoms with E-state index in [1.807, 2.05) is 39.0 Å². The molecule has 0 saturated carbocycles. The molecule has 0 unspecified atom stereocenters. The van der Waals surface area contributed by atoms with Crippen molar-refractivity contribution in [3.63, 3.8) is 0 Å². The summed E-state index contributed by atoms with van der Waals surface area (Å²) in [5.74, 6) is 0.213. The summed E-state index contributed by atoms with van der Waals surface area (Å²) < 4.78 is 5.94. The summed E-state index contributed by atoms with van der Waals surface area (Å²) in [4.78, 5) is 21.6. The highest BCUT2D eigenvalue weighted by Gasteiger charge is 2.19. The number of hydrogen-bond acceptors (Lipinski definition) is 5. The van der Waals surface area contributed by atoms with Crippen LogP contribution in [-0.4, -0.2) is 22.5 Å². The number of carboxylic acids is 1. The lowest BCUT2D eigenvalue weighted by molar-refractivity contribution is -0.385. The maximum Gasteiger partial charge on any atom is 0.311 e. The van der Waals surface area contributed by atoms with Gasteiger partial charge in [0.2, 0.25) is 5.75 Å². The van der Waals surface area contributed by atoms with Gasteiger partial charge in [-0.2, -0.15) is 0 Å². The Balaban J connectivity index is 2.16. The van der Waals surface area contributed by atoms with Crippen LogP contribution in [0.3, 0.4) is 0 Å². The van der Waals surface area contributed by atoms with E-state index >= 15 is 0 Å². The number of rotatable bonds is 10. The van der Waals surface area contributed by atoms with E-state index in [1.54, 1.807) is 12.1 Å². The molecule has 0 saturated heterocycles. The molecule has 2 aromatic carbocycles. The number of nitrogens with zero attached hydrogens (tertiary/aromatic N) is 1. The maximum atomic E-state index is 11.5. The van der Waals surface area contributed by atoms with Crippen LogP contribution in [0.25, 0.3) is 0 Å². The molecule has 0 aliphatic carbocycles. The van der Waals surface area contributed by atoms with E-state index in [9.17, 15) is 14.9 Å². The first-order chi connectivity index (χ1) is 13.3. The Morgan fingerprint density at radius 2 is 1.96 bits per heavy atom. The van der Waals surface area contributed by atoms with Crippen molar-refractivity contribution in [2.75, 3.05) is 6.54 Å². The van der Waals surface area contributed by atoms with E-state index in [0.717, 1.165) is 16.7 Å². The number of nitro groups is 1. The molecule has 7 nitrogen and oxygen atoms in total. The summed E-state index contributed by atoms with van der Waals surface area (Å²) in [6.07, 6.45) is 0.596. The minimum Gasteiger partial charge on any atom is -0.481 e.